The maximum absolute atomic E-state index is 11.8. The average Bonchev–Trinajstić information content (AvgIpc) is 2.38. The lowest BCUT2D eigenvalue weighted by Crippen LogP contribution is -2.34. The van der Waals surface area contributed by atoms with E-state index in [0.717, 1.165) is 12.0 Å². The molecule has 0 bridgehead atoms. The van der Waals surface area contributed by atoms with Crippen molar-refractivity contribution in [1.82, 2.24) is 5.32 Å². The summed E-state index contributed by atoms with van der Waals surface area (Å²) in [5.41, 5.74) is 2.37. The Labute approximate surface area is 116 Å². The molecule has 1 unspecified atom stereocenters. The number of hydrogen-bond acceptors (Lipinski definition) is 2. The third-order valence-corrected chi connectivity index (χ3v) is 3.18. The van der Waals surface area contributed by atoms with E-state index in [9.17, 15) is 4.79 Å². The quantitative estimate of drug-likeness (QED) is 0.757. The Bertz CT molecular complexity index is 373. The SMILES string of the molecule is CCCCc1ccc(CC(=O)NC(C)CCO)cc1. The minimum absolute atomic E-state index is 0.0160. The maximum atomic E-state index is 11.8. The van der Waals surface area contributed by atoms with Gasteiger partial charge in [0.1, 0.15) is 0 Å². The normalized spacial score (nSPS) is 12.2. The highest BCUT2D eigenvalue weighted by Crippen LogP contribution is 2.08. The maximum Gasteiger partial charge on any atom is 0.224 e. The second-order valence-corrected chi connectivity index (χ2v) is 5.08. The lowest BCUT2D eigenvalue weighted by Gasteiger charge is -2.12. The van der Waals surface area contributed by atoms with E-state index in [-0.39, 0.29) is 18.6 Å². The second-order valence-electron chi connectivity index (χ2n) is 5.08. The third kappa shape index (κ3) is 6.39. The standard InChI is InChI=1S/C16H25NO2/c1-3-4-5-14-6-8-15(9-7-14)12-16(19)17-13(2)10-11-18/h6-9,13,18H,3-5,10-12H2,1-2H3,(H,17,19). The average molecular weight is 263 g/mol. The van der Waals surface area contributed by atoms with Crippen molar-refractivity contribution in [2.45, 2.75) is 52.0 Å². The molecule has 1 aromatic carbocycles. The van der Waals surface area contributed by atoms with Crippen LogP contribution in [-0.2, 0) is 17.6 Å². The van der Waals surface area contributed by atoms with Crippen LogP contribution >= 0.6 is 0 Å². The fraction of sp³-hybridized carbons (Fsp3) is 0.562. The van der Waals surface area contributed by atoms with E-state index in [4.69, 9.17) is 5.11 Å². The summed E-state index contributed by atoms with van der Waals surface area (Å²) in [5, 5.41) is 11.7. The van der Waals surface area contributed by atoms with Gasteiger partial charge < -0.3 is 10.4 Å². The Balaban J connectivity index is 2.42. The van der Waals surface area contributed by atoms with Crippen LogP contribution in [0.15, 0.2) is 24.3 Å². The Kier molecular flexibility index (Phi) is 7.19. The van der Waals surface area contributed by atoms with E-state index < -0.39 is 0 Å². The summed E-state index contributed by atoms with van der Waals surface area (Å²) in [5.74, 6) is 0.0160. The molecule has 0 aromatic heterocycles. The van der Waals surface area contributed by atoms with E-state index in [1.165, 1.54) is 18.4 Å². The van der Waals surface area contributed by atoms with Crippen molar-refractivity contribution in [3.05, 3.63) is 35.4 Å². The second kappa shape index (κ2) is 8.70. The van der Waals surface area contributed by atoms with Gasteiger partial charge in [-0.3, -0.25) is 4.79 Å². The van der Waals surface area contributed by atoms with E-state index in [2.05, 4.69) is 24.4 Å². The van der Waals surface area contributed by atoms with Gasteiger partial charge in [0, 0.05) is 12.6 Å². The summed E-state index contributed by atoms with van der Waals surface area (Å²) < 4.78 is 0. The number of carbonyl (C=O) groups excluding carboxylic acids is 1. The van der Waals surface area contributed by atoms with Crippen LogP contribution in [0.3, 0.4) is 0 Å². The van der Waals surface area contributed by atoms with E-state index in [0.29, 0.717) is 12.8 Å². The number of amides is 1. The van der Waals surface area contributed by atoms with Crippen LogP contribution in [0.2, 0.25) is 0 Å². The fourth-order valence-electron chi connectivity index (χ4n) is 1.98. The summed E-state index contributed by atoms with van der Waals surface area (Å²) in [6.45, 7) is 4.20. The highest BCUT2D eigenvalue weighted by Gasteiger charge is 2.07. The van der Waals surface area contributed by atoms with Crippen molar-refractivity contribution in [1.29, 1.82) is 0 Å². The third-order valence-electron chi connectivity index (χ3n) is 3.18. The predicted molar refractivity (Wildman–Crippen MR) is 78.1 cm³/mol. The molecule has 0 saturated carbocycles. The molecule has 0 spiro atoms. The number of unbranched alkanes of at least 4 members (excludes halogenated alkanes) is 1. The van der Waals surface area contributed by atoms with Crippen molar-refractivity contribution < 1.29 is 9.90 Å². The predicted octanol–water partition coefficient (Wildman–Crippen LogP) is 2.46. The van der Waals surface area contributed by atoms with Crippen LogP contribution in [0, 0.1) is 0 Å². The zero-order chi connectivity index (χ0) is 14.1. The first-order chi connectivity index (χ1) is 9.15. The van der Waals surface area contributed by atoms with Gasteiger partial charge in [-0.15, -0.1) is 0 Å². The largest absolute Gasteiger partial charge is 0.396 e. The lowest BCUT2D eigenvalue weighted by molar-refractivity contribution is -0.121. The number of hydrogen-bond donors (Lipinski definition) is 2. The Hall–Kier alpha value is -1.35. The summed E-state index contributed by atoms with van der Waals surface area (Å²) in [7, 11) is 0. The van der Waals surface area contributed by atoms with Gasteiger partial charge in [0.2, 0.25) is 5.91 Å². The fourth-order valence-corrected chi connectivity index (χ4v) is 1.98. The zero-order valence-electron chi connectivity index (χ0n) is 12.0. The van der Waals surface area contributed by atoms with Crippen LogP contribution in [0.25, 0.3) is 0 Å². The van der Waals surface area contributed by atoms with Crippen LogP contribution in [-0.4, -0.2) is 23.7 Å². The lowest BCUT2D eigenvalue weighted by atomic mass is 10.0. The van der Waals surface area contributed by atoms with Crippen LogP contribution in [0.5, 0.6) is 0 Å². The van der Waals surface area contributed by atoms with Gasteiger partial charge in [0.05, 0.1) is 6.42 Å². The smallest absolute Gasteiger partial charge is 0.224 e. The first-order valence-corrected chi connectivity index (χ1v) is 7.13. The van der Waals surface area contributed by atoms with Crippen LogP contribution in [0.4, 0.5) is 0 Å². The molecular weight excluding hydrogens is 238 g/mol. The van der Waals surface area contributed by atoms with Gasteiger partial charge in [-0.1, -0.05) is 37.6 Å². The molecule has 0 radical (unpaired) electrons. The molecule has 1 atom stereocenters. The molecular formula is C16H25NO2. The first-order valence-electron chi connectivity index (χ1n) is 7.13. The zero-order valence-corrected chi connectivity index (χ0v) is 12.0. The molecule has 0 heterocycles. The number of benzene rings is 1. The van der Waals surface area contributed by atoms with Gasteiger partial charge in [-0.2, -0.15) is 0 Å². The summed E-state index contributed by atoms with van der Waals surface area (Å²) in [6.07, 6.45) is 4.52. The summed E-state index contributed by atoms with van der Waals surface area (Å²) in [6, 6.07) is 8.30. The van der Waals surface area contributed by atoms with Crippen molar-refractivity contribution in [2.24, 2.45) is 0 Å². The number of aliphatic hydroxyl groups is 1. The Morgan fingerprint density at radius 2 is 1.89 bits per heavy atom. The first kappa shape index (κ1) is 15.7. The summed E-state index contributed by atoms with van der Waals surface area (Å²) in [4.78, 5) is 11.8. The van der Waals surface area contributed by atoms with Gasteiger partial charge in [0.15, 0.2) is 0 Å². The number of rotatable bonds is 8. The van der Waals surface area contributed by atoms with Gasteiger partial charge in [0.25, 0.3) is 0 Å². The molecule has 0 aliphatic carbocycles. The molecule has 0 saturated heterocycles. The van der Waals surface area contributed by atoms with Crippen LogP contribution in [0.1, 0.15) is 44.2 Å². The number of nitrogens with one attached hydrogen (secondary N) is 1. The molecule has 0 aliphatic rings. The highest BCUT2D eigenvalue weighted by molar-refractivity contribution is 5.78. The molecule has 106 valence electrons. The molecule has 1 rings (SSSR count). The monoisotopic (exact) mass is 263 g/mol. The topological polar surface area (TPSA) is 49.3 Å². The molecule has 0 fully saturated rings. The van der Waals surface area contributed by atoms with Crippen molar-refractivity contribution >= 4 is 5.91 Å². The Morgan fingerprint density at radius 3 is 2.47 bits per heavy atom. The molecule has 1 aromatic rings. The number of aryl methyl sites for hydroxylation is 1. The van der Waals surface area contributed by atoms with E-state index in [1.54, 1.807) is 0 Å². The number of carbonyl (C=O) groups is 1. The minimum Gasteiger partial charge on any atom is -0.396 e. The minimum atomic E-state index is 0.0160. The molecule has 19 heavy (non-hydrogen) atoms. The van der Waals surface area contributed by atoms with Crippen molar-refractivity contribution in [3.8, 4) is 0 Å². The Morgan fingerprint density at radius 1 is 1.26 bits per heavy atom. The van der Waals surface area contributed by atoms with E-state index in [1.807, 2.05) is 19.1 Å². The van der Waals surface area contributed by atoms with Crippen molar-refractivity contribution in [3.63, 3.8) is 0 Å². The van der Waals surface area contributed by atoms with E-state index >= 15 is 0 Å². The van der Waals surface area contributed by atoms with Gasteiger partial charge in [-0.25, -0.2) is 0 Å². The summed E-state index contributed by atoms with van der Waals surface area (Å²) >= 11 is 0. The van der Waals surface area contributed by atoms with Gasteiger partial charge >= 0.3 is 0 Å². The highest BCUT2D eigenvalue weighted by atomic mass is 16.3. The molecule has 3 nitrogen and oxygen atoms in total. The molecule has 1 amide bonds. The van der Waals surface area contributed by atoms with Crippen LogP contribution < -0.4 is 5.32 Å². The van der Waals surface area contributed by atoms with Crippen molar-refractivity contribution in [2.75, 3.05) is 6.61 Å². The molecule has 2 N–H and O–H groups in total. The molecule has 0 aliphatic heterocycles. The molecule has 3 heteroatoms. The number of aliphatic hydroxyl groups excluding tert-OH is 1. The van der Waals surface area contributed by atoms with Gasteiger partial charge in [-0.05, 0) is 37.3 Å².